The van der Waals surface area contributed by atoms with E-state index >= 15 is 0 Å². The predicted molar refractivity (Wildman–Crippen MR) is 93.4 cm³/mol. The highest BCUT2D eigenvalue weighted by atomic mass is 32.1. The number of ether oxygens (including phenoxy) is 1. The quantitative estimate of drug-likeness (QED) is 0.884. The molecule has 1 aliphatic rings. The third kappa shape index (κ3) is 2.85. The van der Waals surface area contributed by atoms with Crippen molar-refractivity contribution in [3.05, 3.63) is 23.6 Å². The van der Waals surface area contributed by atoms with Gasteiger partial charge in [-0.05, 0) is 32.0 Å². The van der Waals surface area contributed by atoms with Gasteiger partial charge in [0.1, 0.15) is 5.75 Å². The van der Waals surface area contributed by atoms with Crippen molar-refractivity contribution in [1.82, 2.24) is 4.98 Å². The number of fused-ring (bicyclic) bond motifs is 1. The van der Waals surface area contributed by atoms with Crippen LogP contribution in [0.1, 0.15) is 13.8 Å². The molecule has 0 bridgehead atoms. The lowest BCUT2D eigenvalue weighted by Gasteiger charge is -2.37. The minimum Gasteiger partial charge on any atom is -0.476 e. The molecule has 2 heterocycles. The number of thiazole rings is 1. The second-order valence-corrected chi connectivity index (χ2v) is 6.81. The molecule has 8 heteroatoms. The van der Waals surface area contributed by atoms with Crippen LogP contribution in [0.2, 0.25) is 0 Å². The first kappa shape index (κ1) is 16.4. The summed E-state index contributed by atoms with van der Waals surface area (Å²) in [6.07, 6.45) is 0. The Hall–Kier alpha value is -2.45. The van der Waals surface area contributed by atoms with E-state index in [1.54, 1.807) is 25.8 Å². The minimum absolute atomic E-state index is 0.0895. The average molecular weight is 346 g/mol. The molecule has 3 rings (SSSR count). The Bertz CT molecular complexity index is 815. The number of nitrogens with two attached hydrogens (primary N) is 1. The van der Waals surface area contributed by atoms with Gasteiger partial charge in [-0.3, -0.25) is 9.59 Å². The molecule has 1 aromatic heterocycles. The molecule has 126 valence electrons. The SMILES string of the molecule is CN1C(=O)C(C)(C)Oc2ccc(-c3csc(NC(=O)CN)n3)cc21. The Morgan fingerprint density at radius 2 is 2.21 bits per heavy atom. The number of carbonyl (C=O) groups is 2. The number of rotatable bonds is 3. The second-order valence-electron chi connectivity index (χ2n) is 5.95. The van der Waals surface area contributed by atoms with Crippen molar-refractivity contribution in [2.24, 2.45) is 5.73 Å². The maximum absolute atomic E-state index is 12.3. The summed E-state index contributed by atoms with van der Waals surface area (Å²) < 4.78 is 5.79. The number of amides is 2. The van der Waals surface area contributed by atoms with Crippen molar-refractivity contribution in [1.29, 1.82) is 0 Å². The van der Waals surface area contributed by atoms with E-state index in [1.807, 2.05) is 23.6 Å². The number of nitrogens with one attached hydrogen (secondary N) is 1. The lowest BCUT2D eigenvalue weighted by molar-refractivity contribution is -0.132. The lowest BCUT2D eigenvalue weighted by atomic mass is 10.0. The summed E-state index contributed by atoms with van der Waals surface area (Å²) in [4.78, 5) is 29.6. The van der Waals surface area contributed by atoms with Gasteiger partial charge in [-0.2, -0.15) is 0 Å². The molecular formula is C16H18N4O3S. The molecule has 2 amide bonds. The number of aromatic nitrogens is 1. The molecule has 3 N–H and O–H groups in total. The zero-order valence-electron chi connectivity index (χ0n) is 13.6. The van der Waals surface area contributed by atoms with E-state index in [0.29, 0.717) is 22.3 Å². The molecule has 0 atom stereocenters. The van der Waals surface area contributed by atoms with Crippen LogP contribution in [-0.2, 0) is 9.59 Å². The van der Waals surface area contributed by atoms with E-state index in [0.717, 1.165) is 5.56 Å². The molecule has 0 radical (unpaired) electrons. The normalized spacial score (nSPS) is 15.7. The number of anilines is 2. The molecule has 2 aromatic rings. The van der Waals surface area contributed by atoms with Crippen molar-refractivity contribution < 1.29 is 14.3 Å². The van der Waals surface area contributed by atoms with Crippen molar-refractivity contribution >= 4 is 34.0 Å². The summed E-state index contributed by atoms with van der Waals surface area (Å²) in [6.45, 7) is 3.40. The van der Waals surface area contributed by atoms with Gasteiger partial charge in [-0.25, -0.2) is 4.98 Å². The molecule has 7 nitrogen and oxygen atoms in total. The third-order valence-electron chi connectivity index (χ3n) is 3.74. The van der Waals surface area contributed by atoms with Crippen molar-refractivity contribution in [2.75, 3.05) is 23.8 Å². The van der Waals surface area contributed by atoms with Crippen LogP contribution >= 0.6 is 11.3 Å². The van der Waals surface area contributed by atoms with Gasteiger partial charge in [0.2, 0.25) is 5.91 Å². The number of hydrogen-bond acceptors (Lipinski definition) is 6. The van der Waals surface area contributed by atoms with Crippen molar-refractivity contribution in [3.8, 4) is 17.0 Å². The molecule has 0 unspecified atom stereocenters. The Morgan fingerprint density at radius 3 is 2.92 bits per heavy atom. The largest absolute Gasteiger partial charge is 0.476 e. The maximum atomic E-state index is 12.3. The monoisotopic (exact) mass is 346 g/mol. The van der Waals surface area contributed by atoms with Gasteiger partial charge in [-0.15, -0.1) is 11.3 Å². The fourth-order valence-electron chi connectivity index (χ4n) is 2.49. The predicted octanol–water partition coefficient (Wildman–Crippen LogP) is 1.84. The number of nitrogens with zero attached hydrogens (tertiary/aromatic N) is 2. The number of likely N-dealkylation sites (N-methyl/N-ethyl adjacent to an activating group) is 1. The highest BCUT2D eigenvalue weighted by Gasteiger charge is 2.39. The molecule has 0 fully saturated rings. The van der Waals surface area contributed by atoms with E-state index in [1.165, 1.54) is 11.3 Å². The summed E-state index contributed by atoms with van der Waals surface area (Å²) in [6, 6.07) is 5.56. The van der Waals surface area contributed by atoms with E-state index in [4.69, 9.17) is 10.5 Å². The summed E-state index contributed by atoms with van der Waals surface area (Å²) in [5, 5.41) is 4.95. The first-order valence-corrected chi connectivity index (χ1v) is 8.27. The molecule has 0 saturated heterocycles. The topological polar surface area (TPSA) is 97.5 Å². The van der Waals surface area contributed by atoms with E-state index in [2.05, 4.69) is 10.3 Å². The van der Waals surface area contributed by atoms with Crippen LogP contribution in [0.15, 0.2) is 23.6 Å². The highest BCUT2D eigenvalue weighted by molar-refractivity contribution is 7.14. The van der Waals surface area contributed by atoms with Crippen LogP contribution in [-0.4, -0.2) is 36.0 Å². The average Bonchev–Trinajstić information content (AvgIpc) is 3.00. The van der Waals surface area contributed by atoms with Gasteiger partial charge in [0.15, 0.2) is 10.7 Å². The zero-order chi connectivity index (χ0) is 17.5. The van der Waals surface area contributed by atoms with Crippen molar-refractivity contribution in [2.45, 2.75) is 19.4 Å². The van der Waals surface area contributed by atoms with Crippen LogP contribution < -0.4 is 20.7 Å². The summed E-state index contributed by atoms with van der Waals surface area (Å²) >= 11 is 1.32. The van der Waals surface area contributed by atoms with E-state index < -0.39 is 5.60 Å². The van der Waals surface area contributed by atoms with Crippen LogP contribution in [0.3, 0.4) is 0 Å². The molecule has 1 aliphatic heterocycles. The zero-order valence-corrected chi connectivity index (χ0v) is 14.4. The number of hydrogen-bond donors (Lipinski definition) is 2. The minimum atomic E-state index is -0.885. The van der Waals surface area contributed by atoms with Crippen LogP contribution in [0.4, 0.5) is 10.8 Å². The first-order valence-electron chi connectivity index (χ1n) is 7.39. The Morgan fingerprint density at radius 1 is 1.46 bits per heavy atom. The summed E-state index contributed by atoms with van der Waals surface area (Å²) in [5.41, 5.74) is 6.63. The molecule has 24 heavy (non-hydrogen) atoms. The standard InChI is InChI=1S/C16H18N4O3S/c1-16(2)14(22)20(3)11-6-9(4-5-12(11)23-16)10-8-24-15(18-10)19-13(21)7-17/h4-6,8H,7,17H2,1-3H3,(H,18,19,21). The highest BCUT2D eigenvalue weighted by Crippen LogP contribution is 2.39. The summed E-state index contributed by atoms with van der Waals surface area (Å²) in [5.74, 6) is 0.251. The summed E-state index contributed by atoms with van der Waals surface area (Å²) in [7, 11) is 1.73. The number of benzene rings is 1. The molecule has 1 aromatic carbocycles. The molecule has 0 aliphatic carbocycles. The fourth-order valence-corrected chi connectivity index (χ4v) is 3.23. The van der Waals surface area contributed by atoms with Gasteiger partial charge in [0.25, 0.3) is 5.91 Å². The van der Waals surface area contributed by atoms with Crippen LogP contribution in [0.5, 0.6) is 5.75 Å². The molecule has 0 saturated carbocycles. The van der Waals surface area contributed by atoms with Crippen molar-refractivity contribution in [3.63, 3.8) is 0 Å². The first-order chi connectivity index (χ1) is 11.3. The van der Waals surface area contributed by atoms with Gasteiger partial charge in [-0.1, -0.05) is 0 Å². The fraction of sp³-hybridized carbons (Fsp3) is 0.312. The van der Waals surface area contributed by atoms with E-state index in [-0.39, 0.29) is 18.4 Å². The van der Waals surface area contributed by atoms with E-state index in [9.17, 15) is 9.59 Å². The van der Waals surface area contributed by atoms with Gasteiger partial charge in [0, 0.05) is 18.0 Å². The number of carbonyl (C=O) groups excluding carboxylic acids is 2. The molecule has 0 spiro atoms. The molecular weight excluding hydrogens is 328 g/mol. The Labute approximate surface area is 143 Å². The van der Waals surface area contributed by atoms with Gasteiger partial charge in [0.05, 0.1) is 17.9 Å². The third-order valence-corrected chi connectivity index (χ3v) is 4.49. The maximum Gasteiger partial charge on any atom is 0.270 e. The van der Waals surface area contributed by atoms with Crippen LogP contribution in [0.25, 0.3) is 11.3 Å². The van der Waals surface area contributed by atoms with Gasteiger partial charge >= 0.3 is 0 Å². The lowest BCUT2D eigenvalue weighted by Crippen LogP contribution is -2.50. The van der Waals surface area contributed by atoms with Gasteiger partial charge < -0.3 is 20.7 Å². The Balaban J connectivity index is 1.92. The second kappa shape index (κ2) is 5.88. The van der Waals surface area contributed by atoms with Crippen LogP contribution in [0, 0.1) is 0 Å². The Kier molecular flexibility index (Phi) is 4.02. The smallest absolute Gasteiger partial charge is 0.270 e.